The monoisotopic (exact) mass is 353 g/mol. The zero-order valence-electron chi connectivity index (χ0n) is 20.5. The standard InChI is InChI=1S/3C4H10.3C3H8.C2H6.CH4/c1-4(2)3;2*1-3-4-2;3*1-3-2;1-2;/h4H,1-3H3;2*3-4H2,1-2H3;3*3H2,1-2H3;1-2H3;1H4. The van der Waals surface area contributed by atoms with Gasteiger partial charge in [0.05, 0.1) is 0 Å². The minimum Gasteiger partial charge on any atom is -0.0776 e. The second-order valence-electron chi connectivity index (χ2n) is 5.85. The van der Waals surface area contributed by atoms with Crippen molar-refractivity contribution in [1.82, 2.24) is 0 Å². The van der Waals surface area contributed by atoms with E-state index in [-0.39, 0.29) is 7.43 Å². The normalized spacial score (nSPS) is 6.50. The maximum atomic E-state index is 2.18. The summed E-state index contributed by atoms with van der Waals surface area (Å²) in [6.07, 6.45) is 9.03. The maximum absolute atomic E-state index is 2.18. The van der Waals surface area contributed by atoms with E-state index in [9.17, 15) is 0 Å². The Hall–Kier alpha value is 0. The van der Waals surface area contributed by atoms with E-state index in [1.165, 1.54) is 44.9 Å². The van der Waals surface area contributed by atoms with Crippen LogP contribution in [-0.4, -0.2) is 0 Å². The molecule has 0 bridgehead atoms. The van der Waals surface area contributed by atoms with E-state index in [1.54, 1.807) is 0 Å². The van der Waals surface area contributed by atoms with Gasteiger partial charge in [-0.2, -0.15) is 0 Å². The first-order valence-electron chi connectivity index (χ1n) is 10.8. The molecule has 160 valence electrons. The summed E-state index contributed by atoms with van der Waals surface area (Å²) in [6, 6.07) is 0. The molecule has 0 saturated heterocycles. The zero-order valence-corrected chi connectivity index (χ0v) is 20.5. The van der Waals surface area contributed by atoms with Crippen molar-refractivity contribution in [3.63, 3.8) is 0 Å². The lowest BCUT2D eigenvalue weighted by atomic mass is 10.3. The SMILES string of the molecule is C.CC.CC(C)C.CCC.CCC.CCC.CCCC.CCCC. The molecule has 0 spiro atoms. The summed E-state index contributed by atoms with van der Waals surface area (Å²) in [4.78, 5) is 0. The van der Waals surface area contributed by atoms with Gasteiger partial charge in [0.2, 0.25) is 0 Å². The molecule has 0 aromatic carbocycles. The third-order valence-electron chi connectivity index (χ3n) is 1.000. The first-order valence-corrected chi connectivity index (χ1v) is 10.8. The predicted molar refractivity (Wildman–Crippen MR) is 128 cm³/mol. The molecule has 0 unspecified atom stereocenters. The van der Waals surface area contributed by atoms with E-state index in [2.05, 4.69) is 90.0 Å². The quantitative estimate of drug-likeness (QED) is 0.463. The van der Waals surface area contributed by atoms with E-state index in [0.29, 0.717) is 0 Å². The summed E-state index contributed by atoms with van der Waals surface area (Å²) < 4.78 is 0. The molecule has 0 atom stereocenters. The van der Waals surface area contributed by atoms with E-state index in [1.807, 2.05) is 13.8 Å². The summed E-state index contributed by atoms with van der Waals surface area (Å²) in [7, 11) is 0. The van der Waals surface area contributed by atoms with E-state index in [4.69, 9.17) is 0 Å². The average molecular weight is 353 g/mol. The molecule has 0 aromatic rings. The molecule has 0 heteroatoms. The summed E-state index contributed by atoms with van der Waals surface area (Å²) in [5.41, 5.74) is 0. The van der Waals surface area contributed by atoms with Gasteiger partial charge in [-0.1, -0.05) is 156 Å². The van der Waals surface area contributed by atoms with Gasteiger partial charge in [0.15, 0.2) is 0 Å². The summed E-state index contributed by atoms with van der Waals surface area (Å²) in [5, 5.41) is 0. The van der Waals surface area contributed by atoms with Gasteiger partial charge in [0.1, 0.15) is 0 Å². The van der Waals surface area contributed by atoms with Crippen molar-refractivity contribution in [2.75, 3.05) is 0 Å². The third-order valence-corrected chi connectivity index (χ3v) is 1.000. The first-order chi connectivity index (χ1) is 10.8. The summed E-state index contributed by atoms with van der Waals surface area (Å²) in [5.74, 6) is 0.833. The molecule has 0 aliphatic heterocycles. The number of hydrogen-bond donors (Lipinski definition) is 0. The lowest BCUT2D eigenvalue weighted by Crippen LogP contribution is -1.66. The molecule has 0 fully saturated rings. The lowest BCUT2D eigenvalue weighted by molar-refractivity contribution is 0.737. The Kier molecular flexibility index (Phi) is 230. The molecule has 0 radical (unpaired) electrons. The van der Waals surface area contributed by atoms with Crippen molar-refractivity contribution in [2.45, 2.75) is 156 Å². The van der Waals surface area contributed by atoms with Crippen LogP contribution in [0.2, 0.25) is 0 Å². The fourth-order valence-electron chi connectivity index (χ4n) is 0. The largest absolute Gasteiger partial charge is 0.0776 e. The molecule has 24 heavy (non-hydrogen) atoms. The van der Waals surface area contributed by atoms with Crippen LogP contribution in [0.4, 0.5) is 0 Å². The van der Waals surface area contributed by atoms with Crippen molar-refractivity contribution < 1.29 is 0 Å². The van der Waals surface area contributed by atoms with E-state index >= 15 is 0 Å². The Labute approximate surface area is 162 Å². The van der Waals surface area contributed by atoms with Gasteiger partial charge in [-0.05, 0) is 5.92 Å². The van der Waals surface area contributed by atoms with Crippen molar-refractivity contribution in [1.29, 1.82) is 0 Å². The van der Waals surface area contributed by atoms with Crippen LogP contribution in [0.25, 0.3) is 0 Å². The highest BCUT2D eigenvalue weighted by molar-refractivity contribution is 4.20. The van der Waals surface area contributed by atoms with Gasteiger partial charge in [-0.25, -0.2) is 0 Å². The second kappa shape index (κ2) is 111. The minimum atomic E-state index is 0. The Morgan fingerprint density at radius 1 is 0.417 bits per heavy atom. The van der Waals surface area contributed by atoms with Gasteiger partial charge in [-0.15, -0.1) is 0 Å². The highest BCUT2D eigenvalue weighted by atomic mass is 13.7. The molecule has 0 saturated carbocycles. The van der Waals surface area contributed by atoms with Gasteiger partial charge < -0.3 is 0 Å². The Morgan fingerprint density at radius 3 is 0.458 bits per heavy atom. The van der Waals surface area contributed by atoms with Crippen LogP contribution in [0, 0.1) is 5.92 Å². The maximum Gasteiger partial charge on any atom is -0.0500 e. The van der Waals surface area contributed by atoms with Crippen LogP contribution in [0.5, 0.6) is 0 Å². The average Bonchev–Trinajstić information content (AvgIpc) is 2.51. The van der Waals surface area contributed by atoms with Crippen LogP contribution in [0.3, 0.4) is 0 Å². The van der Waals surface area contributed by atoms with Crippen LogP contribution >= 0.6 is 0 Å². The van der Waals surface area contributed by atoms with Gasteiger partial charge in [0.25, 0.3) is 0 Å². The van der Waals surface area contributed by atoms with Crippen LogP contribution in [0.1, 0.15) is 156 Å². The molecule has 0 heterocycles. The van der Waals surface area contributed by atoms with Gasteiger partial charge >= 0.3 is 0 Å². The van der Waals surface area contributed by atoms with Gasteiger partial charge in [0, 0.05) is 0 Å². The third kappa shape index (κ3) is 2430. The summed E-state index contributed by atoms with van der Waals surface area (Å²) >= 11 is 0. The topological polar surface area (TPSA) is 0 Å². The number of unbranched alkanes of at least 4 members (excludes halogenated alkanes) is 2. The first kappa shape index (κ1) is 49.6. The Morgan fingerprint density at radius 2 is 0.458 bits per heavy atom. The van der Waals surface area contributed by atoms with Crippen molar-refractivity contribution in [2.24, 2.45) is 5.92 Å². The van der Waals surface area contributed by atoms with Crippen LogP contribution < -0.4 is 0 Å². The highest BCUT2D eigenvalue weighted by Crippen LogP contribution is 1.81. The lowest BCUT2D eigenvalue weighted by Gasteiger charge is -1.79. The highest BCUT2D eigenvalue weighted by Gasteiger charge is 1.68. The van der Waals surface area contributed by atoms with Crippen LogP contribution in [0.15, 0.2) is 0 Å². The molecule has 0 aromatic heterocycles. The molecule has 0 N–H and O–H groups in total. The molecule has 0 nitrogen and oxygen atoms in total. The zero-order chi connectivity index (χ0) is 20.5. The molecule has 0 aliphatic rings. The molecule has 0 rings (SSSR count). The fraction of sp³-hybridized carbons (Fsp3) is 1.00. The molecular weight excluding hydrogens is 288 g/mol. The second-order valence-corrected chi connectivity index (χ2v) is 5.85. The van der Waals surface area contributed by atoms with Crippen molar-refractivity contribution in [3.05, 3.63) is 0 Å². The number of hydrogen-bond acceptors (Lipinski definition) is 0. The predicted octanol–water partition coefficient (Wildman–Crippen LogP) is 11.2. The molecule has 0 aliphatic carbocycles. The number of rotatable bonds is 2. The summed E-state index contributed by atoms with van der Waals surface area (Å²) in [6.45, 7) is 32.0. The van der Waals surface area contributed by atoms with E-state index in [0.717, 1.165) is 5.92 Å². The van der Waals surface area contributed by atoms with Crippen LogP contribution in [-0.2, 0) is 0 Å². The smallest absolute Gasteiger partial charge is 0.0500 e. The minimum absolute atomic E-state index is 0. The van der Waals surface area contributed by atoms with Crippen molar-refractivity contribution in [3.8, 4) is 0 Å². The Bertz CT molecular complexity index is 48.9. The van der Waals surface area contributed by atoms with Gasteiger partial charge in [-0.3, -0.25) is 0 Å². The fourth-order valence-corrected chi connectivity index (χ4v) is 0. The Balaban J connectivity index is -0.0000000208. The molecular formula is C24H64. The van der Waals surface area contributed by atoms with Crippen molar-refractivity contribution >= 4 is 0 Å². The molecule has 0 amide bonds. The van der Waals surface area contributed by atoms with E-state index < -0.39 is 0 Å².